The number of benzene rings is 1. The second-order valence-electron chi connectivity index (χ2n) is 4.78. The molecule has 1 aromatic heterocycles. The zero-order chi connectivity index (χ0) is 13.7. The quantitative estimate of drug-likeness (QED) is 0.838. The Bertz CT molecular complexity index is 599. The van der Waals surface area contributed by atoms with Crippen LogP contribution in [0.15, 0.2) is 42.6 Å². The van der Waals surface area contributed by atoms with Crippen molar-refractivity contribution in [1.29, 1.82) is 5.26 Å². The van der Waals surface area contributed by atoms with Gasteiger partial charge in [-0.25, -0.2) is 4.98 Å². The molecule has 0 unspecified atom stereocenters. The predicted molar refractivity (Wildman–Crippen MR) is 75.3 cm³/mol. The summed E-state index contributed by atoms with van der Waals surface area (Å²) in [7, 11) is 2.05. The first-order valence-corrected chi connectivity index (χ1v) is 6.27. The normalized spacial score (nSPS) is 10.4. The monoisotopic (exact) mass is 251 g/mol. The fourth-order valence-corrected chi connectivity index (χ4v) is 2.14. The lowest BCUT2D eigenvalue weighted by Gasteiger charge is -2.17. The van der Waals surface area contributed by atoms with Crippen molar-refractivity contribution >= 4 is 0 Å². The van der Waals surface area contributed by atoms with Crippen LogP contribution >= 0.6 is 0 Å². The zero-order valence-electron chi connectivity index (χ0n) is 11.3. The van der Waals surface area contributed by atoms with E-state index in [1.54, 1.807) is 6.20 Å². The van der Waals surface area contributed by atoms with Crippen LogP contribution in [0.25, 0.3) is 0 Å². The van der Waals surface area contributed by atoms with E-state index in [4.69, 9.17) is 5.26 Å². The fraction of sp³-hybridized carbons (Fsp3) is 0.250. The molecule has 2 aromatic rings. The molecule has 3 nitrogen and oxygen atoms in total. The third kappa shape index (κ3) is 3.64. The highest BCUT2D eigenvalue weighted by molar-refractivity contribution is 5.30. The third-order valence-electron chi connectivity index (χ3n) is 2.97. The van der Waals surface area contributed by atoms with Gasteiger partial charge < -0.3 is 0 Å². The molecule has 3 heteroatoms. The van der Waals surface area contributed by atoms with Gasteiger partial charge in [-0.05, 0) is 25.6 Å². The first-order valence-electron chi connectivity index (χ1n) is 6.27. The number of pyridine rings is 1. The van der Waals surface area contributed by atoms with Crippen LogP contribution in [-0.4, -0.2) is 16.9 Å². The molecule has 0 aliphatic rings. The van der Waals surface area contributed by atoms with E-state index in [2.05, 4.69) is 54.2 Å². The Hall–Kier alpha value is -2.18. The highest BCUT2D eigenvalue weighted by Crippen LogP contribution is 2.11. The fourth-order valence-electron chi connectivity index (χ4n) is 2.14. The maximum Gasteiger partial charge on any atom is 0.144 e. The number of rotatable bonds is 4. The molecule has 19 heavy (non-hydrogen) atoms. The van der Waals surface area contributed by atoms with E-state index in [0.29, 0.717) is 5.69 Å². The van der Waals surface area contributed by atoms with Crippen molar-refractivity contribution in [1.82, 2.24) is 9.88 Å². The number of nitriles is 1. The molecular formula is C16H17N3. The van der Waals surface area contributed by atoms with Crippen molar-refractivity contribution < 1.29 is 0 Å². The summed E-state index contributed by atoms with van der Waals surface area (Å²) in [6, 6.07) is 14.4. The van der Waals surface area contributed by atoms with E-state index < -0.39 is 0 Å². The largest absolute Gasteiger partial charge is 0.298 e. The maximum absolute atomic E-state index is 9.03. The number of hydrogen-bond acceptors (Lipinski definition) is 3. The third-order valence-corrected chi connectivity index (χ3v) is 2.97. The number of aromatic nitrogens is 1. The Morgan fingerprint density at radius 3 is 2.79 bits per heavy atom. The SMILES string of the molecule is Cc1cccc(CN(C)Cc2cccnc2C#N)c1. The minimum Gasteiger partial charge on any atom is -0.298 e. The zero-order valence-corrected chi connectivity index (χ0v) is 11.3. The standard InChI is InChI=1S/C16H17N3/c1-13-5-3-6-14(9-13)11-19(2)12-15-7-4-8-18-16(15)10-17/h3-9H,11-12H2,1-2H3. The summed E-state index contributed by atoms with van der Waals surface area (Å²) >= 11 is 0. The lowest BCUT2D eigenvalue weighted by atomic mass is 10.1. The first-order chi connectivity index (χ1) is 9.19. The molecule has 0 N–H and O–H groups in total. The highest BCUT2D eigenvalue weighted by atomic mass is 15.1. The molecule has 2 rings (SSSR count). The van der Waals surface area contributed by atoms with Crippen molar-refractivity contribution in [3.05, 3.63) is 65.0 Å². The highest BCUT2D eigenvalue weighted by Gasteiger charge is 2.06. The van der Waals surface area contributed by atoms with E-state index in [-0.39, 0.29) is 0 Å². The van der Waals surface area contributed by atoms with Gasteiger partial charge in [-0.2, -0.15) is 5.26 Å². The molecule has 0 saturated heterocycles. The van der Waals surface area contributed by atoms with Gasteiger partial charge in [0.2, 0.25) is 0 Å². The van der Waals surface area contributed by atoms with Crippen LogP contribution in [0.5, 0.6) is 0 Å². The molecule has 0 fully saturated rings. The average molecular weight is 251 g/mol. The maximum atomic E-state index is 9.03. The number of nitrogens with zero attached hydrogens (tertiary/aromatic N) is 3. The molecule has 0 bridgehead atoms. The average Bonchev–Trinajstić information content (AvgIpc) is 2.39. The van der Waals surface area contributed by atoms with Gasteiger partial charge in [-0.3, -0.25) is 4.90 Å². The molecule has 0 aliphatic heterocycles. The van der Waals surface area contributed by atoms with E-state index in [0.717, 1.165) is 18.7 Å². The summed E-state index contributed by atoms with van der Waals surface area (Å²) in [5.41, 5.74) is 4.04. The van der Waals surface area contributed by atoms with Crippen LogP contribution in [0.2, 0.25) is 0 Å². The van der Waals surface area contributed by atoms with Crippen LogP contribution in [-0.2, 0) is 13.1 Å². The minimum atomic E-state index is 0.513. The van der Waals surface area contributed by atoms with Gasteiger partial charge in [0.05, 0.1) is 0 Å². The lowest BCUT2D eigenvalue weighted by Crippen LogP contribution is -2.18. The topological polar surface area (TPSA) is 39.9 Å². The molecule has 0 amide bonds. The van der Waals surface area contributed by atoms with Gasteiger partial charge in [-0.1, -0.05) is 35.9 Å². The van der Waals surface area contributed by atoms with E-state index in [1.165, 1.54) is 11.1 Å². The second kappa shape index (κ2) is 6.12. The molecule has 96 valence electrons. The summed E-state index contributed by atoms with van der Waals surface area (Å²) in [5.74, 6) is 0. The van der Waals surface area contributed by atoms with Crippen molar-refractivity contribution in [2.24, 2.45) is 0 Å². The molecule has 0 spiro atoms. The summed E-state index contributed by atoms with van der Waals surface area (Å²) in [5, 5.41) is 9.03. The molecule has 1 heterocycles. The Labute approximate surface area is 114 Å². The molecule has 0 saturated carbocycles. The summed E-state index contributed by atoms with van der Waals surface area (Å²) in [4.78, 5) is 6.27. The molecule has 0 radical (unpaired) electrons. The Morgan fingerprint density at radius 2 is 2.05 bits per heavy atom. The summed E-state index contributed by atoms with van der Waals surface area (Å²) < 4.78 is 0. The number of hydrogen-bond donors (Lipinski definition) is 0. The first kappa shape index (κ1) is 13.3. The Balaban J connectivity index is 2.06. The molecule has 0 atom stereocenters. The van der Waals surface area contributed by atoms with Crippen LogP contribution in [0, 0.1) is 18.3 Å². The van der Waals surface area contributed by atoms with Gasteiger partial charge in [0, 0.05) is 24.8 Å². The minimum absolute atomic E-state index is 0.513. The van der Waals surface area contributed by atoms with Crippen molar-refractivity contribution in [3.63, 3.8) is 0 Å². The van der Waals surface area contributed by atoms with E-state index in [1.807, 2.05) is 12.1 Å². The van der Waals surface area contributed by atoms with Gasteiger partial charge >= 0.3 is 0 Å². The van der Waals surface area contributed by atoms with Gasteiger partial charge in [-0.15, -0.1) is 0 Å². The van der Waals surface area contributed by atoms with Crippen molar-refractivity contribution in [3.8, 4) is 6.07 Å². The van der Waals surface area contributed by atoms with Crippen LogP contribution < -0.4 is 0 Å². The van der Waals surface area contributed by atoms with Gasteiger partial charge in [0.15, 0.2) is 0 Å². The summed E-state index contributed by atoms with van der Waals surface area (Å²) in [6.07, 6.45) is 1.66. The van der Waals surface area contributed by atoms with E-state index in [9.17, 15) is 0 Å². The van der Waals surface area contributed by atoms with Gasteiger partial charge in [0.25, 0.3) is 0 Å². The van der Waals surface area contributed by atoms with Crippen molar-refractivity contribution in [2.45, 2.75) is 20.0 Å². The Kier molecular flexibility index (Phi) is 4.27. The molecular weight excluding hydrogens is 234 g/mol. The molecule has 1 aromatic carbocycles. The van der Waals surface area contributed by atoms with Gasteiger partial charge in [0.1, 0.15) is 11.8 Å². The Morgan fingerprint density at radius 1 is 1.21 bits per heavy atom. The van der Waals surface area contributed by atoms with Crippen molar-refractivity contribution in [2.75, 3.05) is 7.05 Å². The second-order valence-corrected chi connectivity index (χ2v) is 4.78. The van der Waals surface area contributed by atoms with Crippen LogP contribution in [0.3, 0.4) is 0 Å². The predicted octanol–water partition coefficient (Wildman–Crippen LogP) is 2.89. The van der Waals surface area contributed by atoms with E-state index >= 15 is 0 Å². The van der Waals surface area contributed by atoms with Crippen LogP contribution in [0.1, 0.15) is 22.4 Å². The number of aryl methyl sites for hydroxylation is 1. The summed E-state index contributed by atoms with van der Waals surface area (Å²) in [6.45, 7) is 3.69. The molecule has 0 aliphatic carbocycles. The smallest absolute Gasteiger partial charge is 0.144 e. The van der Waals surface area contributed by atoms with Crippen LogP contribution in [0.4, 0.5) is 0 Å². The lowest BCUT2D eigenvalue weighted by molar-refractivity contribution is 0.318.